The summed E-state index contributed by atoms with van der Waals surface area (Å²) in [5.41, 5.74) is 5.02. The molecule has 3 amide bonds. The number of carbonyl (C=O) groups is 3. The van der Waals surface area contributed by atoms with Gasteiger partial charge in [0.15, 0.2) is 0 Å². The Morgan fingerprint density at radius 3 is 2.40 bits per heavy atom. The molecule has 1 aromatic heterocycles. The molecule has 6 nitrogen and oxygen atoms in total. The second-order valence-corrected chi connectivity index (χ2v) is 6.17. The first-order valence-electron chi connectivity index (χ1n) is 7.53. The third-order valence-corrected chi connectivity index (χ3v) is 4.35. The molecule has 0 saturated heterocycles. The molecular formula is C18H15N3O3S. The van der Waals surface area contributed by atoms with Crippen molar-refractivity contribution in [3.05, 3.63) is 70.4 Å². The SMILES string of the molecule is O=C(CNC(=O)c1ccc2ccccc2c1)NNC(=O)c1cccs1. The van der Waals surface area contributed by atoms with Crippen molar-refractivity contribution in [1.82, 2.24) is 16.2 Å². The number of rotatable bonds is 4. The van der Waals surface area contributed by atoms with Crippen LogP contribution in [0.15, 0.2) is 60.0 Å². The van der Waals surface area contributed by atoms with Crippen LogP contribution in [0.4, 0.5) is 0 Å². The van der Waals surface area contributed by atoms with E-state index in [0.717, 1.165) is 10.8 Å². The van der Waals surface area contributed by atoms with Crippen LogP contribution >= 0.6 is 11.3 Å². The van der Waals surface area contributed by atoms with Gasteiger partial charge in [0.25, 0.3) is 17.7 Å². The summed E-state index contributed by atoms with van der Waals surface area (Å²) in [6.45, 7) is -0.240. The molecule has 3 rings (SSSR count). The monoisotopic (exact) mass is 353 g/mol. The maximum atomic E-state index is 12.1. The molecule has 3 aromatic rings. The molecule has 0 unspecified atom stereocenters. The van der Waals surface area contributed by atoms with Gasteiger partial charge >= 0.3 is 0 Å². The standard InChI is InChI=1S/C18H15N3O3S/c22-16(20-21-18(24)15-6-3-9-25-15)11-19-17(23)14-8-7-12-4-1-2-5-13(12)10-14/h1-10H,11H2,(H,19,23)(H,20,22)(H,21,24). The Morgan fingerprint density at radius 1 is 0.840 bits per heavy atom. The van der Waals surface area contributed by atoms with Gasteiger partial charge in [-0.15, -0.1) is 11.3 Å². The number of hydrogen-bond donors (Lipinski definition) is 3. The molecule has 0 atom stereocenters. The van der Waals surface area contributed by atoms with Crippen molar-refractivity contribution in [1.29, 1.82) is 0 Å². The van der Waals surface area contributed by atoms with Crippen LogP contribution in [0.25, 0.3) is 10.8 Å². The van der Waals surface area contributed by atoms with Crippen molar-refractivity contribution in [2.45, 2.75) is 0 Å². The van der Waals surface area contributed by atoms with Crippen molar-refractivity contribution in [3.8, 4) is 0 Å². The molecule has 0 radical (unpaired) electrons. The van der Waals surface area contributed by atoms with Crippen LogP contribution < -0.4 is 16.2 Å². The zero-order valence-corrected chi connectivity index (χ0v) is 13.9. The number of amides is 3. The lowest BCUT2D eigenvalue weighted by Gasteiger charge is -2.08. The third kappa shape index (κ3) is 4.21. The number of hydrazine groups is 1. The van der Waals surface area contributed by atoms with Gasteiger partial charge < -0.3 is 5.32 Å². The van der Waals surface area contributed by atoms with Crippen molar-refractivity contribution in [3.63, 3.8) is 0 Å². The molecule has 25 heavy (non-hydrogen) atoms. The summed E-state index contributed by atoms with van der Waals surface area (Å²) < 4.78 is 0. The molecule has 0 fully saturated rings. The molecule has 0 aliphatic heterocycles. The van der Waals surface area contributed by atoms with Gasteiger partial charge in [-0.25, -0.2) is 0 Å². The maximum Gasteiger partial charge on any atom is 0.279 e. The lowest BCUT2D eigenvalue weighted by Crippen LogP contribution is -2.46. The lowest BCUT2D eigenvalue weighted by atomic mass is 10.1. The van der Waals surface area contributed by atoms with Gasteiger partial charge in [0.2, 0.25) is 0 Å². The Balaban J connectivity index is 1.50. The highest BCUT2D eigenvalue weighted by molar-refractivity contribution is 7.12. The van der Waals surface area contributed by atoms with E-state index in [-0.39, 0.29) is 12.5 Å². The summed E-state index contributed by atoms with van der Waals surface area (Å²) >= 11 is 1.27. The first-order chi connectivity index (χ1) is 12.1. The minimum Gasteiger partial charge on any atom is -0.343 e. The molecule has 0 spiro atoms. The van der Waals surface area contributed by atoms with Gasteiger partial charge in [-0.2, -0.15) is 0 Å². The summed E-state index contributed by atoms with van der Waals surface area (Å²) in [6.07, 6.45) is 0. The van der Waals surface area contributed by atoms with E-state index in [1.165, 1.54) is 11.3 Å². The van der Waals surface area contributed by atoms with E-state index in [1.807, 2.05) is 30.3 Å². The topological polar surface area (TPSA) is 87.3 Å². The van der Waals surface area contributed by atoms with E-state index < -0.39 is 11.8 Å². The van der Waals surface area contributed by atoms with Crippen molar-refractivity contribution < 1.29 is 14.4 Å². The molecule has 7 heteroatoms. The predicted molar refractivity (Wildman–Crippen MR) is 96.2 cm³/mol. The second kappa shape index (κ2) is 7.59. The van der Waals surface area contributed by atoms with E-state index in [1.54, 1.807) is 29.6 Å². The fourth-order valence-electron chi connectivity index (χ4n) is 2.23. The van der Waals surface area contributed by atoms with Crippen LogP contribution in [0.3, 0.4) is 0 Å². The fourth-order valence-corrected chi connectivity index (χ4v) is 2.85. The summed E-state index contributed by atoms with van der Waals surface area (Å²) in [5, 5.41) is 6.27. The number of carbonyl (C=O) groups excluding carboxylic acids is 3. The van der Waals surface area contributed by atoms with E-state index in [9.17, 15) is 14.4 Å². The molecular weight excluding hydrogens is 338 g/mol. The number of benzene rings is 2. The zero-order valence-electron chi connectivity index (χ0n) is 13.1. The van der Waals surface area contributed by atoms with E-state index in [0.29, 0.717) is 10.4 Å². The largest absolute Gasteiger partial charge is 0.343 e. The van der Waals surface area contributed by atoms with Crippen LogP contribution in [0, 0.1) is 0 Å². The van der Waals surface area contributed by atoms with Crippen LogP contribution in [0.5, 0.6) is 0 Å². The molecule has 0 aliphatic rings. The minimum atomic E-state index is -0.515. The van der Waals surface area contributed by atoms with Crippen molar-refractivity contribution >= 4 is 39.8 Å². The number of fused-ring (bicyclic) bond motifs is 1. The number of hydrogen-bond acceptors (Lipinski definition) is 4. The van der Waals surface area contributed by atoms with Crippen LogP contribution in [0.2, 0.25) is 0 Å². The summed E-state index contributed by atoms with van der Waals surface area (Å²) in [5.74, 6) is -1.27. The van der Waals surface area contributed by atoms with Gasteiger partial charge in [0.05, 0.1) is 11.4 Å². The molecule has 0 aliphatic carbocycles. The molecule has 2 aromatic carbocycles. The fraction of sp³-hybridized carbons (Fsp3) is 0.0556. The van der Waals surface area contributed by atoms with Crippen molar-refractivity contribution in [2.75, 3.05) is 6.54 Å². The molecule has 0 bridgehead atoms. The Morgan fingerprint density at radius 2 is 1.64 bits per heavy atom. The van der Waals surface area contributed by atoms with E-state index in [2.05, 4.69) is 16.2 Å². The van der Waals surface area contributed by atoms with E-state index >= 15 is 0 Å². The lowest BCUT2D eigenvalue weighted by molar-refractivity contribution is -0.120. The highest BCUT2D eigenvalue weighted by Gasteiger charge is 2.10. The Kier molecular flexibility index (Phi) is 5.06. The van der Waals surface area contributed by atoms with Crippen LogP contribution in [-0.2, 0) is 4.79 Å². The zero-order chi connectivity index (χ0) is 17.6. The second-order valence-electron chi connectivity index (χ2n) is 5.22. The molecule has 126 valence electrons. The first kappa shape index (κ1) is 16.7. The predicted octanol–water partition coefficient (Wildman–Crippen LogP) is 2.09. The minimum absolute atomic E-state index is 0.240. The average Bonchev–Trinajstić information content (AvgIpc) is 3.18. The Hall–Kier alpha value is -3.19. The normalized spacial score (nSPS) is 10.2. The van der Waals surface area contributed by atoms with Gasteiger partial charge in [-0.05, 0) is 34.4 Å². The maximum absolute atomic E-state index is 12.1. The summed E-state index contributed by atoms with van der Waals surface area (Å²) in [6, 6.07) is 16.4. The van der Waals surface area contributed by atoms with Crippen LogP contribution in [-0.4, -0.2) is 24.3 Å². The molecule has 1 heterocycles. The van der Waals surface area contributed by atoms with Gasteiger partial charge in [0.1, 0.15) is 0 Å². The quantitative estimate of drug-likeness (QED) is 0.628. The third-order valence-electron chi connectivity index (χ3n) is 3.48. The van der Waals surface area contributed by atoms with Crippen molar-refractivity contribution in [2.24, 2.45) is 0 Å². The van der Waals surface area contributed by atoms with Gasteiger partial charge in [-0.1, -0.05) is 36.4 Å². The Bertz CT molecular complexity index is 922. The molecule has 0 saturated carbocycles. The smallest absolute Gasteiger partial charge is 0.279 e. The number of thiophene rings is 1. The summed E-state index contributed by atoms with van der Waals surface area (Å²) in [4.78, 5) is 36.0. The van der Waals surface area contributed by atoms with E-state index in [4.69, 9.17) is 0 Å². The van der Waals surface area contributed by atoms with Gasteiger partial charge in [-0.3, -0.25) is 25.2 Å². The molecule has 3 N–H and O–H groups in total. The first-order valence-corrected chi connectivity index (χ1v) is 8.41. The summed E-state index contributed by atoms with van der Waals surface area (Å²) in [7, 11) is 0. The Labute approximate surface area is 147 Å². The number of nitrogens with one attached hydrogen (secondary N) is 3. The average molecular weight is 353 g/mol. The highest BCUT2D eigenvalue weighted by atomic mass is 32.1. The van der Waals surface area contributed by atoms with Crippen LogP contribution in [0.1, 0.15) is 20.0 Å². The van der Waals surface area contributed by atoms with Gasteiger partial charge in [0, 0.05) is 5.56 Å². The highest BCUT2D eigenvalue weighted by Crippen LogP contribution is 2.15.